The molecule has 1 N–H and O–H groups in total. The number of nitrogens with one attached hydrogen (secondary N) is 1. The largest absolute Gasteiger partial charge is 0.335 e. The number of amides is 1. The highest BCUT2D eigenvalue weighted by atomic mass is 32.2. The molecule has 1 heterocycles. The number of hydrogen-bond donors (Lipinski definition) is 1. The van der Waals surface area contributed by atoms with Gasteiger partial charge in [0.2, 0.25) is 0 Å². The van der Waals surface area contributed by atoms with E-state index >= 15 is 0 Å². The number of benzene rings is 2. The molecule has 0 spiro atoms. The van der Waals surface area contributed by atoms with Crippen molar-refractivity contribution in [3.63, 3.8) is 0 Å². The fourth-order valence-electron chi connectivity index (χ4n) is 2.89. The van der Waals surface area contributed by atoms with Crippen LogP contribution in [0.4, 0.5) is 0 Å². The Labute approximate surface area is 157 Å². The van der Waals surface area contributed by atoms with E-state index in [1.54, 1.807) is 31.3 Å². The average Bonchev–Trinajstić information content (AvgIpc) is 2.65. The molecule has 0 aliphatic heterocycles. The normalized spacial score (nSPS) is 12.7. The van der Waals surface area contributed by atoms with E-state index in [4.69, 9.17) is 0 Å². The zero-order valence-electron chi connectivity index (χ0n) is 15.3. The van der Waals surface area contributed by atoms with Gasteiger partial charge in [0.15, 0.2) is 9.84 Å². The van der Waals surface area contributed by atoms with Gasteiger partial charge in [-0.25, -0.2) is 8.42 Å². The number of para-hydroxylation sites is 1. The van der Waals surface area contributed by atoms with Crippen molar-refractivity contribution in [2.24, 2.45) is 0 Å². The Balaban J connectivity index is 1.91. The van der Waals surface area contributed by atoms with Gasteiger partial charge in [0, 0.05) is 18.8 Å². The van der Waals surface area contributed by atoms with Crippen LogP contribution >= 0.6 is 0 Å². The Morgan fingerprint density at radius 2 is 1.70 bits per heavy atom. The van der Waals surface area contributed by atoms with E-state index in [2.05, 4.69) is 4.98 Å². The first-order valence-electron chi connectivity index (χ1n) is 8.38. The van der Waals surface area contributed by atoms with Crippen LogP contribution in [0.2, 0.25) is 0 Å². The Bertz CT molecular complexity index is 1160. The van der Waals surface area contributed by atoms with Crippen molar-refractivity contribution in [1.82, 2.24) is 9.88 Å². The third-order valence-electron chi connectivity index (χ3n) is 4.68. The lowest BCUT2D eigenvalue weighted by atomic mass is 10.1. The molecule has 27 heavy (non-hydrogen) atoms. The summed E-state index contributed by atoms with van der Waals surface area (Å²) in [4.78, 5) is 29.6. The molecule has 1 aromatic heterocycles. The monoisotopic (exact) mass is 384 g/mol. The number of pyridine rings is 1. The standard InChI is InChI=1S/C20H20N2O4S/c1-13(14-8-10-16(11-9-14)27(3,25)26)22(2)20(24)17-12-15-6-4-5-7-18(15)21-19(17)23/h4-13H,1-3H3,(H,21,23). The van der Waals surface area contributed by atoms with Gasteiger partial charge in [-0.3, -0.25) is 9.59 Å². The molecule has 6 nitrogen and oxygen atoms in total. The van der Waals surface area contributed by atoms with E-state index in [1.807, 2.05) is 25.1 Å². The average molecular weight is 384 g/mol. The Hall–Kier alpha value is -2.93. The van der Waals surface area contributed by atoms with Crippen LogP contribution in [0.3, 0.4) is 0 Å². The molecule has 140 valence electrons. The summed E-state index contributed by atoms with van der Waals surface area (Å²) in [6, 6.07) is 14.9. The second-order valence-electron chi connectivity index (χ2n) is 6.53. The van der Waals surface area contributed by atoms with Gasteiger partial charge in [0.1, 0.15) is 5.56 Å². The molecule has 1 atom stereocenters. The highest BCUT2D eigenvalue weighted by molar-refractivity contribution is 7.90. The maximum Gasteiger partial charge on any atom is 0.261 e. The van der Waals surface area contributed by atoms with Gasteiger partial charge >= 0.3 is 0 Å². The fourth-order valence-corrected chi connectivity index (χ4v) is 3.52. The summed E-state index contributed by atoms with van der Waals surface area (Å²) in [5.41, 5.74) is 1.07. The Morgan fingerprint density at radius 1 is 1.07 bits per heavy atom. The third kappa shape index (κ3) is 3.78. The number of hydrogen-bond acceptors (Lipinski definition) is 4. The molecule has 3 aromatic rings. The van der Waals surface area contributed by atoms with E-state index in [9.17, 15) is 18.0 Å². The zero-order valence-corrected chi connectivity index (χ0v) is 16.1. The van der Waals surface area contributed by atoms with Gasteiger partial charge in [-0.1, -0.05) is 30.3 Å². The minimum atomic E-state index is -3.28. The number of aromatic amines is 1. The number of nitrogens with zero attached hydrogens (tertiary/aromatic N) is 1. The summed E-state index contributed by atoms with van der Waals surface area (Å²) in [7, 11) is -1.66. The second kappa shape index (κ2) is 7.00. The fraction of sp³-hybridized carbons (Fsp3) is 0.200. The van der Waals surface area contributed by atoms with Crippen LogP contribution in [0.1, 0.15) is 28.9 Å². The molecule has 0 saturated heterocycles. The molecule has 1 unspecified atom stereocenters. The molecular formula is C20H20N2O4S. The SMILES string of the molecule is CC(c1ccc(S(C)(=O)=O)cc1)N(C)C(=O)c1cc2ccccc2[nH]c1=O. The quantitative estimate of drug-likeness (QED) is 0.749. The number of H-pyrrole nitrogens is 1. The van der Waals surface area contributed by atoms with Gasteiger partial charge < -0.3 is 9.88 Å². The highest BCUT2D eigenvalue weighted by Gasteiger charge is 2.22. The molecule has 0 aliphatic rings. The van der Waals surface area contributed by atoms with Gasteiger partial charge in [-0.2, -0.15) is 0 Å². The van der Waals surface area contributed by atoms with E-state index in [0.29, 0.717) is 5.52 Å². The summed E-state index contributed by atoms with van der Waals surface area (Å²) in [5.74, 6) is -0.401. The first-order valence-corrected chi connectivity index (χ1v) is 10.3. The minimum Gasteiger partial charge on any atom is -0.335 e. The zero-order chi connectivity index (χ0) is 19.8. The molecule has 2 aromatic carbocycles. The molecule has 0 aliphatic carbocycles. The van der Waals surface area contributed by atoms with Crippen LogP contribution in [0.15, 0.2) is 64.3 Å². The van der Waals surface area contributed by atoms with Crippen molar-refractivity contribution in [1.29, 1.82) is 0 Å². The van der Waals surface area contributed by atoms with Gasteiger partial charge in [0.05, 0.1) is 10.9 Å². The van der Waals surface area contributed by atoms with E-state index in [0.717, 1.165) is 17.2 Å². The van der Waals surface area contributed by atoms with Crippen LogP contribution < -0.4 is 5.56 Å². The molecule has 0 fully saturated rings. The number of aromatic nitrogens is 1. The molecule has 7 heteroatoms. The lowest BCUT2D eigenvalue weighted by molar-refractivity contribution is 0.0741. The highest BCUT2D eigenvalue weighted by Crippen LogP contribution is 2.22. The van der Waals surface area contributed by atoms with Gasteiger partial charge in [-0.15, -0.1) is 0 Å². The number of sulfone groups is 1. The summed E-state index contributed by atoms with van der Waals surface area (Å²) >= 11 is 0. The van der Waals surface area contributed by atoms with E-state index < -0.39 is 21.3 Å². The third-order valence-corrected chi connectivity index (χ3v) is 5.80. The topological polar surface area (TPSA) is 87.3 Å². The number of carbonyl (C=O) groups is 1. The van der Waals surface area contributed by atoms with Crippen LogP contribution in [0.5, 0.6) is 0 Å². The molecule has 1 amide bonds. The minimum absolute atomic E-state index is 0.0656. The van der Waals surface area contributed by atoms with Crippen LogP contribution in [-0.4, -0.2) is 37.5 Å². The van der Waals surface area contributed by atoms with E-state index in [-0.39, 0.29) is 16.5 Å². The number of carbonyl (C=O) groups excluding carboxylic acids is 1. The van der Waals surface area contributed by atoms with Gasteiger partial charge in [0.25, 0.3) is 11.5 Å². The Kier molecular flexibility index (Phi) is 4.89. The predicted octanol–water partition coefficient (Wildman–Crippen LogP) is 2.76. The van der Waals surface area contributed by atoms with Crippen LogP contribution in [0, 0.1) is 0 Å². The number of fused-ring (bicyclic) bond motifs is 1. The maximum atomic E-state index is 12.9. The van der Waals surface area contributed by atoms with Crippen molar-refractivity contribution < 1.29 is 13.2 Å². The van der Waals surface area contributed by atoms with Gasteiger partial charge in [-0.05, 0) is 42.1 Å². The second-order valence-corrected chi connectivity index (χ2v) is 8.55. The molecule has 0 saturated carbocycles. The summed E-state index contributed by atoms with van der Waals surface area (Å²) in [6.45, 7) is 1.82. The Morgan fingerprint density at radius 3 is 2.33 bits per heavy atom. The molecular weight excluding hydrogens is 364 g/mol. The van der Waals surface area contributed by atoms with Crippen LogP contribution in [0.25, 0.3) is 10.9 Å². The predicted molar refractivity (Wildman–Crippen MR) is 105 cm³/mol. The first kappa shape index (κ1) is 18.8. The summed E-state index contributed by atoms with van der Waals surface area (Å²) in [5, 5.41) is 0.777. The first-order chi connectivity index (χ1) is 12.7. The molecule has 0 bridgehead atoms. The molecule has 3 rings (SSSR count). The number of rotatable bonds is 4. The van der Waals surface area contributed by atoms with Crippen molar-refractivity contribution >= 4 is 26.6 Å². The summed E-state index contributed by atoms with van der Waals surface area (Å²) in [6.07, 6.45) is 1.15. The van der Waals surface area contributed by atoms with Crippen molar-refractivity contribution in [2.75, 3.05) is 13.3 Å². The lowest BCUT2D eigenvalue weighted by Crippen LogP contribution is -2.33. The molecule has 0 radical (unpaired) electrons. The van der Waals surface area contributed by atoms with E-state index in [1.165, 1.54) is 17.0 Å². The lowest BCUT2D eigenvalue weighted by Gasteiger charge is -2.25. The maximum absolute atomic E-state index is 12.9. The van der Waals surface area contributed by atoms with Crippen molar-refractivity contribution in [3.8, 4) is 0 Å². The summed E-state index contributed by atoms with van der Waals surface area (Å²) < 4.78 is 23.2. The van der Waals surface area contributed by atoms with Crippen molar-refractivity contribution in [2.45, 2.75) is 17.9 Å². The van der Waals surface area contributed by atoms with Crippen molar-refractivity contribution in [3.05, 3.63) is 76.1 Å². The van der Waals surface area contributed by atoms with Crippen LogP contribution in [-0.2, 0) is 9.84 Å². The smallest absolute Gasteiger partial charge is 0.261 e.